The predicted octanol–water partition coefficient (Wildman–Crippen LogP) is 1.80. The minimum absolute atomic E-state index is 0.156. The monoisotopic (exact) mass is 216 g/mol. The Morgan fingerprint density at radius 2 is 2.00 bits per heavy atom. The highest BCUT2D eigenvalue weighted by molar-refractivity contribution is 5.37. The molecule has 2 aromatic rings. The van der Waals surface area contributed by atoms with Gasteiger partial charge in [-0.05, 0) is 24.3 Å². The minimum Gasteiger partial charge on any atom is -0.320 e. The number of imidazole rings is 1. The van der Waals surface area contributed by atoms with Crippen LogP contribution in [0.2, 0.25) is 0 Å². The van der Waals surface area contributed by atoms with Gasteiger partial charge in [-0.25, -0.2) is 9.97 Å². The normalized spacial score (nSPS) is 18.2. The maximum Gasteiger partial charge on any atom is 0.233 e. The third kappa shape index (κ3) is 1.33. The summed E-state index contributed by atoms with van der Waals surface area (Å²) in [5, 5.41) is 0. The van der Waals surface area contributed by atoms with Crippen molar-refractivity contribution < 1.29 is 0 Å². The van der Waals surface area contributed by atoms with Crippen molar-refractivity contribution in [3.05, 3.63) is 29.8 Å². The lowest BCUT2D eigenvalue weighted by atomic mass is 10.1. The molecule has 0 unspecified atom stereocenters. The van der Waals surface area contributed by atoms with Crippen LogP contribution in [-0.2, 0) is 5.54 Å². The molecule has 1 fully saturated rings. The zero-order chi connectivity index (χ0) is 11.3. The number of hydrogen-bond acceptors (Lipinski definition) is 3. The van der Waals surface area contributed by atoms with Crippen LogP contribution in [0, 0.1) is 0 Å². The Kier molecular flexibility index (Phi) is 1.86. The molecule has 16 heavy (non-hydrogen) atoms. The van der Waals surface area contributed by atoms with E-state index in [2.05, 4.69) is 30.0 Å². The summed E-state index contributed by atoms with van der Waals surface area (Å²) in [6, 6.07) is 0. The summed E-state index contributed by atoms with van der Waals surface area (Å²) in [6.45, 7) is 4.32. The summed E-state index contributed by atoms with van der Waals surface area (Å²) >= 11 is 0. The lowest BCUT2D eigenvalue weighted by Gasteiger charge is -2.10. The van der Waals surface area contributed by atoms with Crippen molar-refractivity contribution in [2.24, 2.45) is 5.73 Å². The highest BCUT2D eigenvalue weighted by Gasteiger charge is 2.42. The van der Waals surface area contributed by atoms with Gasteiger partial charge in [-0.15, -0.1) is 0 Å². The van der Waals surface area contributed by atoms with Crippen molar-refractivity contribution in [1.82, 2.24) is 14.4 Å². The molecule has 0 saturated heterocycles. The molecular weight excluding hydrogens is 200 g/mol. The molecule has 2 heterocycles. The SMILES string of the molecule is CC(C)c1cnc2ncc(C3(N)CC3)n2c1. The fourth-order valence-corrected chi connectivity index (χ4v) is 1.95. The van der Waals surface area contributed by atoms with Gasteiger partial charge < -0.3 is 5.73 Å². The van der Waals surface area contributed by atoms with Crippen molar-refractivity contribution in [1.29, 1.82) is 0 Å². The molecular formula is C12H16N4. The highest BCUT2D eigenvalue weighted by Crippen LogP contribution is 2.42. The molecule has 1 aliphatic carbocycles. The van der Waals surface area contributed by atoms with E-state index < -0.39 is 0 Å². The Bertz CT molecular complexity index is 537. The van der Waals surface area contributed by atoms with Crippen molar-refractivity contribution in [3.8, 4) is 0 Å². The van der Waals surface area contributed by atoms with Crippen molar-refractivity contribution in [3.63, 3.8) is 0 Å². The molecule has 0 aliphatic heterocycles. The first-order valence-electron chi connectivity index (χ1n) is 5.72. The first-order valence-corrected chi connectivity index (χ1v) is 5.72. The van der Waals surface area contributed by atoms with Gasteiger partial charge in [0, 0.05) is 12.4 Å². The van der Waals surface area contributed by atoms with Crippen molar-refractivity contribution >= 4 is 5.78 Å². The minimum atomic E-state index is -0.156. The van der Waals surface area contributed by atoms with Crippen LogP contribution in [0.5, 0.6) is 0 Å². The topological polar surface area (TPSA) is 56.2 Å². The Balaban J connectivity index is 2.19. The summed E-state index contributed by atoms with van der Waals surface area (Å²) in [7, 11) is 0. The number of aromatic nitrogens is 3. The molecule has 0 aromatic carbocycles. The standard InChI is InChI=1S/C12H16N4/c1-8(2)9-5-14-11-15-6-10(16(11)7-9)12(13)3-4-12/h5-8H,3-4,13H2,1-2H3. The first-order chi connectivity index (χ1) is 7.60. The van der Waals surface area contributed by atoms with Crippen LogP contribution in [0.4, 0.5) is 0 Å². The van der Waals surface area contributed by atoms with E-state index in [-0.39, 0.29) is 5.54 Å². The van der Waals surface area contributed by atoms with E-state index >= 15 is 0 Å². The molecule has 3 rings (SSSR count). The lowest BCUT2D eigenvalue weighted by molar-refractivity contribution is 0.693. The van der Waals surface area contributed by atoms with E-state index in [0.717, 1.165) is 24.3 Å². The van der Waals surface area contributed by atoms with Gasteiger partial charge >= 0.3 is 0 Å². The Hall–Kier alpha value is -1.42. The van der Waals surface area contributed by atoms with Gasteiger partial charge in [-0.1, -0.05) is 13.8 Å². The molecule has 1 saturated carbocycles. The molecule has 1 aliphatic rings. The number of nitrogens with two attached hydrogens (primary N) is 1. The number of hydrogen-bond donors (Lipinski definition) is 1. The lowest BCUT2D eigenvalue weighted by Crippen LogP contribution is -2.21. The van der Waals surface area contributed by atoms with Crippen molar-refractivity contribution in [2.45, 2.75) is 38.1 Å². The van der Waals surface area contributed by atoms with E-state index in [0.29, 0.717) is 5.92 Å². The highest BCUT2D eigenvalue weighted by atomic mass is 15.1. The summed E-state index contributed by atoms with van der Waals surface area (Å²) in [5.41, 5.74) is 8.37. The van der Waals surface area contributed by atoms with E-state index in [4.69, 9.17) is 5.73 Å². The fourth-order valence-electron chi connectivity index (χ4n) is 1.95. The molecule has 0 bridgehead atoms. The molecule has 0 radical (unpaired) electrons. The molecule has 84 valence electrons. The number of nitrogens with zero attached hydrogens (tertiary/aromatic N) is 3. The van der Waals surface area contributed by atoms with Crippen LogP contribution in [0.1, 0.15) is 43.9 Å². The Labute approximate surface area is 94.5 Å². The van der Waals surface area contributed by atoms with E-state index in [1.54, 1.807) is 0 Å². The van der Waals surface area contributed by atoms with Crippen LogP contribution in [0.25, 0.3) is 5.78 Å². The molecule has 0 amide bonds. The van der Waals surface area contributed by atoms with Crippen LogP contribution in [0.3, 0.4) is 0 Å². The third-order valence-electron chi connectivity index (χ3n) is 3.35. The molecule has 0 atom stereocenters. The van der Waals surface area contributed by atoms with Gasteiger partial charge in [-0.3, -0.25) is 4.40 Å². The van der Waals surface area contributed by atoms with Crippen LogP contribution in [0.15, 0.2) is 18.6 Å². The molecule has 4 heteroatoms. The average Bonchev–Trinajstić information content (AvgIpc) is 2.86. The second-order valence-corrected chi connectivity index (χ2v) is 5.01. The van der Waals surface area contributed by atoms with Gasteiger partial charge in [-0.2, -0.15) is 0 Å². The van der Waals surface area contributed by atoms with Crippen LogP contribution in [-0.4, -0.2) is 14.4 Å². The maximum absolute atomic E-state index is 6.22. The summed E-state index contributed by atoms with van der Waals surface area (Å²) in [4.78, 5) is 8.66. The smallest absolute Gasteiger partial charge is 0.233 e. The molecule has 4 nitrogen and oxygen atoms in total. The first kappa shape index (κ1) is 9.78. The summed E-state index contributed by atoms with van der Waals surface area (Å²) in [6.07, 6.45) is 7.97. The van der Waals surface area contributed by atoms with Gasteiger partial charge in [0.15, 0.2) is 0 Å². The molecule has 2 N–H and O–H groups in total. The van der Waals surface area contributed by atoms with Gasteiger partial charge in [0.2, 0.25) is 5.78 Å². The number of fused-ring (bicyclic) bond motifs is 1. The van der Waals surface area contributed by atoms with Gasteiger partial charge in [0.25, 0.3) is 0 Å². The van der Waals surface area contributed by atoms with Crippen LogP contribution < -0.4 is 5.73 Å². The largest absolute Gasteiger partial charge is 0.320 e. The average molecular weight is 216 g/mol. The van der Waals surface area contributed by atoms with E-state index in [1.807, 2.05) is 16.8 Å². The zero-order valence-corrected chi connectivity index (χ0v) is 9.64. The summed E-state index contributed by atoms with van der Waals surface area (Å²) in [5.74, 6) is 1.22. The van der Waals surface area contributed by atoms with Gasteiger partial charge in [0.05, 0.1) is 17.4 Å². The Morgan fingerprint density at radius 3 is 2.62 bits per heavy atom. The number of rotatable bonds is 2. The fraction of sp³-hybridized carbons (Fsp3) is 0.500. The summed E-state index contributed by atoms with van der Waals surface area (Å²) < 4.78 is 2.04. The quantitative estimate of drug-likeness (QED) is 0.832. The second-order valence-electron chi connectivity index (χ2n) is 5.01. The van der Waals surface area contributed by atoms with E-state index in [1.165, 1.54) is 5.56 Å². The zero-order valence-electron chi connectivity index (χ0n) is 9.64. The predicted molar refractivity (Wildman–Crippen MR) is 62.2 cm³/mol. The maximum atomic E-state index is 6.22. The van der Waals surface area contributed by atoms with Crippen LogP contribution >= 0.6 is 0 Å². The second kappa shape index (κ2) is 3.04. The van der Waals surface area contributed by atoms with E-state index in [9.17, 15) is 0 Å². The molecule has 0 spiro atoms. The van der Waals surface area contributed by atoms with Gasteiger partial charge in [0.1, 0.15) is 0 Å². The van der Waals surface area contributed by atoms with Crippen molar-refractivity contribution in [2.75, 3.05) is 0 Å². The Morgan fingerprint density at radius 1 is 1.31 bits per heavy atom. The molecule has 2 aromatic heterocycles. The third-order valence-corrected chi connectivity index (χ3v) is 3.35.